The van der Waals surface area contributed by atoms with Crippen molar-refractivity contribution in [3.8, 4) is 0 Å². The molecular weight excluding hydrogens is 245 g/mol. The van der Waals surface area contributed by atoms with Crippen molar-refractivity contribution < 1.29 is 4.39 Å². The van der Waals surface area contributed by atoms with E-state index in [0.717, 1.165) is 11.1 Å². The molecule has 0 spiro atoms. The average Bonchev–Trinajstić information content (AvgIpc) is 2.20. The van der Waals surface area contributed by atoms with E-state index in [4.69, 9.17) is 0 Å². The predicted molar refractivity (Wildman–Crippen MR) is 62.6 cm³/mol. The summed E-state index contributed by atoms with van der Waals surface area (Å²) in [6.07, 6.45) is 1.91. The molecule has 14 heavy (non-hydrogen) atoms. The highest BCUT2D eigenvalue weighted by atomic mass is 79.9. The van der Waals surface area contributed by atoms with Crippen LogP contribution in [-0.4, -0.2) is 6.72 Å². The number of halogens is 2. The van der Waals surface area contributed by atoms with Crippen LogP contribution in [-0.2, 0) is 0 Å². The molecule has 0 aliphatic heterocycles. The van der Waals surface area contributed by atoms with Crippen molar-refractivity contribution in [2.24, 2.45) is 4.99 Å². The molecule has 3 heteroatoms. The first kappa shape index (κ1) is 11.1. The molecule has 74 valence electrons. The van der Waals surface area contributed by atoms with Crippen LogP contribution in [0.4, 0.5) is 10.1 Å². The first-order chi connectivity index (χ1) is 6.60. The van der Waals surface area contributed by atoms with E-state index in [2.05, 4.69) is 27.6 Å². The summed E-state index contributed by atoms with van der Waals surface area (Å²) in [5, 5.41) is 0. The van der Waals surface area contributed by atoms with Crippen molar-refractivity contribution >= 4 is 33.9 Å². The summed E-state index contributed by atoms with van der Waals surface area (Å²) in [6.45, 7) is 7.28. The Morgan fingerprint density at radius 3 is 2.71 bits per heavy atom. The fraction of sp³-hybridized carbons (Fsp3) is 0.182. The highest BCUT2D eigenvalue weighted by Gasteiger charge is 2.07. The molecule has 0 atom stereocenters. The summed E-state index contributed by atoms with van der Waals surface area (Å²) >= 11 is 3.11. The van der Waals surface area contributed by atoms with Gasteiger partial charge in [0.05, 0.1) is 10.2 Å². The lowest BCUT2D eigenvalue weighted by molar-refractivity contribution is 0.621. The number of hydrogen-bond donors (Lipinski definition) is 0. The van der Waals surface area contributed by atoms with Crippen molar-refractivity contribution in [3.63, 3.8) is 0 Å². The van der Waals surface area contributed by atoms with Crippen molar-refractivity contribution in [2.45, 2.75) is 13.8 Å². The maximum absolute atomic E-state index is 13.3. The molecule has 1 nitrogen and oxygen atoms in total. The van der Waals surface area contributed by atoms with E-state index >= 15 is 0 Å². The Hall–Kier alpha value is -0.960. The monoisotopic (exact) mass is 255 g/mol. The van der Waals surface area contributed by atoms with Gasteiger partial charge < -0.3 is 0 Å². The minimum absolute atomic E-state index is 0.284. The lowest BCUT2D eigenvalue weighted by Crippen LogP contribution is -1.85. The third kappa shape index (κ3) is 2.10. The first-order valence-electron chi connectivity index (χ1n) is 4.19. The summed E-state index contributed by atoms with van der Waals surface area (Å²) in [4.78, 5) is 3.85. The van der Waals surface area contributed by atoms with Crippen LogP contribution < -0.4 is 0 Å². The second-order valence-electron chi connectivity index (χ2n) is 2.91. The fourth-order valence-corrected chi connectivity index (χ4v) is 1.47. The van der Waals surface area contributed by atoms with Gasteiger partial charge in [-0.15, -0.1) is 0 Å². The molecule has 0 unspecified atom stereocenters. The number of allylic oxidation sites excluding steroid dienone is 2. The van der Waals surface area contributed by atoms with Crippen LogP contribution >= 0.6 is 15.9 Å². The second kappa shape index (κ2) is 4.51. The standard InChI is InChI=1S/C11H11BrFN/c1-4-7(2)8-5-10(13)9(12)6-11(8)14-3/h4-6H,3H2,1-2H3/b7-4-. The molecule has 1 aromatic carbocycles. The lowest BCUT2D eigenvalue weighted by Gasteiger charge is -2.06. The Labute approximate surface area is 91.5 Å². The van der Waals surface area contributed by atoms with Gasteiger partial charge in [0.15, 0.2) is 0 Å². The van der Waals surface area contributed by atoms with Gasteiger partial charge in [-0.2, -0.15) is 0 Å². The third-order valence-electron chi connectivity index (χ3n) is 2.07. The minimum atomic E-state index is -0.284. The zero-order chi connectivity index (χ0) is 10.7. The van der Waals surface area contributed by atoms with Crippen molar-refractivity contribution in [1.82, 2.24) is 0 Å². The topological polar surface area (TPSA) is 12.4 Å². The van der Waals surface area contributed by atoms with E-state index < -0.39 is 0 Å². The number of hydrogen-bond acceptors (Lipinski definition) is 1. The zero-order valence-corrected chi connectivity index (χ0v) is 9.73. The van der Waals surface area contributed by atoms with Crippen LogP contribution in [0.15, 0.2) is 27.7 Å². The van der Waals surface area contributed by atoms with Crippen LogP contribution in [0.25, 0.3) is 5.57 Å². The number of benzene rings is 1. The summed E-state index contributed by atoms with van der Waals surface area (Å²) < 4.78 is 13.7. The highest BCUT2D eigenvalue weighted by Crippen LogP contribution is 2.31. The molecule has 1 rings (SSSR count). The molecule has 1 aromatic rings. The van der Waals surface area contributed by atoms with Gasteiger partial charge in [0.2, 0.25) is 0 Å². The fourth-order valence-electron chi connectivity index (χ4n) is 1.14. The SMILES string of the molecule is C=Nc1cc(Br)c(F)cc1/C(C)=C\C. The number of nitrogens with zero attached hydrogens (tertiary/aromatic N) is 1. The molecule has 0 aliphatic carbocycles. The van der Waals surface area contributed by atoms with Crippen LogP contribution in [0.1, 0.15) is 19.4 Å². The summed E-state index contributed by atoms with van der Waals surface area (Å²) in [7, 11) is 0. The van der Waals surface area contributed by atoms with Crippen LogP contribution in [0.5, 0.6) is 0 Å². The van der Waals surface area contributed by atoms with E-state index in [1.54, 1.807) is 6.07 Å². The van der Waals surface area contributed by atoms with E-state index in [9.17, 15) is 4.39 Å². The van der Waals surface area contributed by atoms with Crippen LogP contribution in [0.2, 0.25) is 0 Å². The Kier molecular flexibility index (Phi) is 3.58. The van der Waals surface area contributed by atoms with Gasteiger partial charge in [-0.3, -0.25) is 4.99 Å². The molecule has 0 bridgehead atoms. The number of aliphatic imine (C=N–C) groups is 1. The summed E-state index contributed by atoms with van der Waals surface area (Å²) in [6, 6.07) is 3.09. The molecule has 0 N–H and O–H groups in total. The highest BCUT2D eigenvalue weighted by molar-refractivity contribution is 9.10. The smallest absolute Gasteiger partial charge is 0.138 e. The van der Waals surface area contributed by atoms with Crippen molar-refractivity contribution in [2.75, 3.05) is 0 Å². The maximum Gasteiger partial charge on any atom is 0.138 e. The van der Waals surface area contributed by atoms with Gasteiger partial charge in [-0.25, -0.2) is 4.39 Å². The first-order valence-corrected chi connectivity index (χ1v) is 4.98. The largest absolute Gasteiger partial charge is 0.264 e. The van der Waals surface area contributed by atoms with E-state index in [1.807, 2.05) is 19.9 Å². The van der Waals surface area contributed by atoms with Gasteiger partial charge in [0.25, 0.3) is 0 Å². The Morgan fingerprint density at radius 1 is 1.57 bits per heavy atom. The summed E-state index contributed by atoms with van der Waals surface area (Å²) in [5.74, 6) is -0.284. The van der Waals surface area contributed by atoms with E-state index in [-0.39, 0.29) is 5.82 Å². The molecule has 0 amide bonds. The van der Waals surface area contributed by atoms with E-state index in [1.165, 1.54) is 6.07 Å². The van der Waals surface area contributed by atoms with Gasteiger partial charge in [-0.05, 0) is 54.2 Å². The van der Waals surface area contributed by atoms with Crippen LogP contribution in [0.3, 0.4) is 0 Å². The normalized spacial score (nSPS) is 11.6. The van der Waals surface area contributed by atoms with Gasteiger partial charge >= 0.3 is 0 Å². The Morgan fingerprint density at radius 2 is 2.21 bits per heavy atom. The molecular formula is C11H11BrFN. The Bertz CT molecular complexity index is 397. The third-order valence-corrected chi connectivity index (χ3v) is 2.67. The molecule has 0 aliphatic rings. The van der Waals surface area contributed by atoms with Gasteiger partial charge in [-0.1, -0.05) is 6.08 Å². The number of rotatable bonds is 2. The minimum Gasteiger partial charge on any atom is -0.264 e. The second-order valence-corrected chi connectivity index (χ2v) is 3.77. The maximum atomic E-state index is 13.3. The van der Waals surface area contributed by atoms with Gasteiger partial charge in [0.1, 0.15) is 5.82 Å². The molecule has 0 heterocycles. The lowest BCUT2D eigenvalue weighted by atomic mass is 10.1. The van der Waals surface area contributed by atoms with E-state index in [0.29, 0.717) is 10.2 Å². The van der Waals surface area contributed by atoms with Gasteiger partial charge in [0, 0.05) is 5.56 Å². The molecule has 0 radical (unpaired) electrons. The molecule has 0 fully saturated rings. The molecule has 0 saturated carbocycles. The Balaban J connectivity index is 3.42. The van der Waals surface area contributed by atoms with Crippen LogP contribution in [0, 0.1) is 5.82 Å². The zero-order valence-electron chi connectivity index (χ0n) is 8.14. The predicted octanol–water partition coefficient (Wildman–Crippen LogP) is 4.34. The van der Waals surface area contributed by atoms with Crippen molar-refractivity contribution in [3.05, 3.63) is 34.1 Å². The summed E-state index contributed by atoms with van der Waals surface area (Å²) in [5.41, 5.74) is 2.45. The average molecular weight is 256 g/mol. The van der Waals surface area contributed by atoms with Crippen molar-refractivity contribution in [1.29, 1.82) is 0 Å². The molecule has 0 saturated heterocycles. The molecule has 0 aromatic heterocycles. The quantitative estimate of drug-likeness (QED) is 0.698.